The number of carbonyl (C=O) groups excluding carboxylic acids is 3. The molecule has 0 aromatic heterocycles. The lowest BCUT2D eigenvalue weighted by Crippen LogP contribution is -2.54. The fraction of sp³-hybridized carbons (Fsp3) is 0.533. The third-order valence-corrected chi connectivity index (χ3v) is 4.43. The zero-order valence-corrected chi connectivity index (χ0v) is 11.6. The van der Waals surface area contributed by atoms with Crippen LogP contribution < -0.4 is 0 Å². The Morgan fingerprint density at radius 1 is 1.32 bits per heavy atom. The summed E-state index contributed by atoms with van der Waals surface area (Å²) in [5.41, 5.74) is -0.559. The molecule has 4 heteroatoms. The van der Waals surface area contributed by atoms with Crippen LogP contribution in [0.25, 0.3) is 0 Å². The Balaban J connectivity index is 2.60. The van der Waals surface area contributed by atoms with Crippen molar-refractivity contribution in [1.29, 1.82) is 0 Å². The highest BCUT2D eigenvalue weighted by Gasteiger charge is 2.57. The monoisotopic (exact) mass is 262 g/mol. The van der Waals surface area contributed by atoms with Gasteiger partial charge in [0.25, 0.3) is 0 Å². The molecule has 0 aromatic carbocycles. The molecule has 19 heavy (non-hydrogen) atoms. The predicted octanol–water partition coefficient (Wildman–Crippen LogP) is 1.70. The van der Waals surface area contributed by atoms with Gasteiger partial charge in [-0.1, -0.05) is 26.0 Å². The first-order valence-corrected chi connectivity index (χ1v) is 6.37. The lowest BCUT2D eigenvalue weighted by atomic mass is 9.54. The van der Waals surface area contributed by atoms with Crippen LogP contribution in [0.2, 0.25) is 0 Å². The average molecular weight is 262 g/mol. The number of ether oxygens (including phenoxy) is 1. The zero-order valence-electron chi connectivity index (χ0n) is 11.6. The molecule has 0 fully saturated rings. The first kappa shape index (κ1) is 13.7. The highest BCUT2D eigenvalue weighted by atomic mass is 16.5. The predicted molar refractivity (Wildman–Crippen MR) is 69.2 cm³/mol. The normalized spacial score (nSPS) is 37.7. The second kappa shape index (κ2) is 4.44. The number of hydrogen-bond donors (Lipinski definition) is 0. The highest BCUT2D eigenvalue weighted by molar-refractivity contribution is 6.13. The molecule has 2 aliphatic rings. The number of rotatable bonds is 1. The van der Waals surface area contributed by atoms with Gasteiger partial charge in [-0.15, -0.1) is 0 Å². The largest absolute Gasteiger partial charge is 0.469 e. The minimum atomic E-state index is -1.03. The van der Waals surface area contributed by atoms with E-state index >= 15 is 0 Å². The Bertz CT molecular complexity index is 514. The summed E-state index contributed by atoms with van der Waals surface area (Å²) < 4.78 is 4.78. The maximum absolute atomic E-state index is 12.4. The fourth-order valence-corrected chi connectivity index (χ4v) is 3.27. The molecule has 0 radical (unpaired) electrons. The molecule has 0 N–H and O–H groups in total. The van der Waals surface area contributed by atoms with Crippen LogP contribution in [0.5, 0.6) is 0 Å². The van der Waals surface area contributed by atoms with Crippen LogP contribution in [0.4, 0.5) is 0 Å². The number of esters is 1. The molecular weight excluding hydrogens is 244 g/mol. The molecule has 0 aromatic rings. The van der Waals surface area contributed by atoms with Crippen molar-refractivity contribution in [2.75, 3.05) is 7.11 Å². The van der Waals surface area contributed by atoms with Crippen LogP contribution >= 0.6 is 0 Å². The van der Waals surface area contributed by atoms with Crippen LogP contribution in [0.15, 0.2) is 23.8 Å². The summed E-state index contributed by atoms with van der Waals surface area (Å²) in [7, 11) is 1.29. The molecule has 0 saturated heterocycles. The van der Waals surface area contributed by atoms with Gasteiger partial charge in [0.1, 0.15) is 0 Å². The van der Waals surface area contributed by atoms with Gasteiger partial charge in [0.05, 0.1) is 18.4 Å². The summed E-state index contributed by atoms with van der Waals surface area (Å²) in [5.74, 6) is -1.93. The van der Waals surface area contributed by atoms with Gasteiger partial charge in [0.2, 0.25) is 0 Å². The van der Waals surface area contributed by atoms with Gasteiger partial charge in [-0.25, -0.2) is 0 Å². The summed E-state index contributed by atoms with van der Waals surface area (Å²) in [6.45, 7) is 5.25. The van der Waals surface area contributed by atoms with Crippen LogP contribution in [-0.2, 0) is 19.1 Å². The second-order valence-corrected chi connectivity index (χ2v) is 5.56. The molecule has 0 bridgehead atoms. The molecule has 0 saturated carbocycles. The Hall–Kier alpha value is -1.71. The molecule has 2 aliphatic carbocycles. The number of allylic oxidation sites excluding steroid dienone is 3. The smallest absolute Gasteiger partial charge is 0.313 e. The zero-order chi connectivity index (χ0) is 14.4. The first-order chi connectivity index (χ1) is 8.83. The van der Waals surface area contributed by atoms with Crippen molar-refractivity contribution < 1.29 is 19.1 Å². The lowest BCUT2D eigenvalue weighted by Gasteiger charge is -2.45. The van der Waals surface area contributed by atoms with Gasteiger partial charge in [-0.3, -0.25) is 14.4 Å². The molecule has 0 heterocycles. The molecule has 0 unspecified atom stereocenters. The van der Waals surface area contributed by atoms with Gasteiger partial charge in [0.15, 0.2) is 11.6 Å². The molecule has 0 amide bonds. The first-order valence-electron chi connectivity index (χ1n) is 6.37. The van der Waals surface area contributed by atoms with Crippen molar-refractivity contribution in [3.63, 3.8) is 0 Å². The van der Waals surface area contributed by atoms with E-state index in [0.717, 1.165) is 0 Å². The summed E-state index contributed by atoms with van der Waals surface area (Å²) >= 11 is 0. The van der Waals surface area contributed by atoms with Crippen LogP contribution in [0, 0.1) is 23.2 Å². The van der Waals surface area contributed by atoms with E-state index in [9.17, 15) is 14.4 Å². The highest BCUT2D eigenvalue weighted by Crippen LogP contribution is 2.49. The Morgan fingerprint density at radius 3 is 2.53 bits per heavy atom. The van der Waals surface area contributed by atoms with Crippen molar-refractivity contribution in [2.45, 2.75) is 20.8 Å². The van der Waals surface area contributed by atoms with Crippen molar-refractivity contribution in [3.8, 4) is 0 Å². The number of carbonyl (C=O) groups is 3. The van der Waals surface area contributed by atoms with Crippen molar-refractivity contribution in [2.24, 2.45) is 23.2 Å². The van der Waals surface area contributed by atoms with E-state index in [2.05, 4.69) is 0 Å². The minimum absolute atomic E-state index is 0.0483. The molecule has 102 valence electrons. The van der Waals surface area contributed by atoms with Crippen LogP contribution in [0.1, 0.15) is 20.8 Å². The second-order valence-electron chi connectivity index (χ2n) is 5.56. The van der Waals surface area contributed by atoms with E-state index in [1.807, 2.05) is 13.0 Å². The van der Waals surface area contributed by atoms with E-state index in [4.69, 9.17) is 4.74 Å². The third kappa shape index (κ3) is 1.78. The summed E-state index contributed by atoms with van der Waals surface area (Å²) in [5, 5.41) is 0. The van der Waals surface area contributed by atoms with E-state index in [1.54, 1.807) is 19.9 Å². The SMILES string of the molecule is COC(=O)[C@@H]1C=C[C@H](C)[C@H]2C(=O)C(C)=CC(=O)[C@@]21C. The maximum Gasteiger partial charge on any atom is 0.313 e. The minimum Gasteiger partial charge on any atom is -0.469 e. The molecule has 4 nitrogen and oxygen atoms in total. The number of fused-ring (bicyclic) bond motifs is 1. The lowest BCUT2D eigenvalue weighted by molar-refractivity contribution is -0.157. The van der Waals surface area contributed by atoms with E-state index in [-0.39, 0.29) is 17.5 Å². The molecule has 0 aliphatic heterocycles. The Kier molecular flexibility index (Phi) is 3.20. The van der Waals surface area contributed by atoms with E-state index in [1.165, 1.54) is 13.2 Å². The van der Waals surface area contributed by atoms with Crippen LogP contribution in [-0.4, -0.2) is 24.6 Å². The topological polar surface area (TPSA) is 60.4 Å². The van der Waals surface area contributed by atoms with Gasteiger partial charge in [-0.2, -0.15) is 0 Å². The number of methoxy groups -OCH3 is 1. The summed E-state index contributed by atoms with van der Waals surface area (Å²) in [4.78, 5) is 36.7. The van der Waals surface area contributed by atoms with Crippen molar-refractivity contribution >= 4 is 17.5 Å². The number of ketones is 2. The van der Waals surface area contributed by atoms with Gasteiger partial charge in [-0.05, 0) is 24.5 Å². The quantitative estimate of drug-likeness (QED) is 0.533. The van der Waals surface area contributed by atoms with E-state index < -0.39 is 23.2 Å². The Morgan fingerprint density at radius 2 is 1.95 bits per heavy atom. The van der Waals surface area contributed by atoms with Crippen LogP contribution in [0.3, 0.4) is 0 Å². The Labute approximate surface area is 112 Å². The average Bonchev–Trinajstić information content (AvgIpc) is 2.36. The third-order valence-electron chi connectivity index (χ3n) is 4.43. The van der Waals surface area contributed by atoms with Gasteiger partial charge < -0.3 is 4.74 Å². The van der Waals surface area contributed by atoms with Crippen molar-refractivity contribution in [1.82, 2.24) is 0 Å². The fourth-order valence-electron chi connectivity index (χ4n) is 3.27. The summed E-state index contributed by atoms with van der Waals surface area (Å²) in [6, 6.07) is 0. The number of Topliss-reactive ketones (excluding diaryl/α,β-unsaturated/α-hetero) is 1. The number of hydrogen-bond acceptors (Lipinski definition) is 4. The van der Waals surface area contributed by atoms with E-state index in [0.29, 0.717) is 5.57 Å². The molecular formula is C15H18O4. The molecule has 4 atom stereocenters. The molecule has 0 spiro atoms. The molecule has 2 rings (SSSR count). The maximum atomic E-state index is 12.4. The van der Waals surface area contributed by atoms with Gasteiger partial charge in [0, 0.05) is 5.92 Å². The van der Waals surface area contributed by atoms with Crippen molar-refractivity contribution in [3.05, 3.63) is 23.8 Å². The van der Waals surface area contributed by atoms with Gasteiger partial charge >= 0.3 is 5.97 Å². The standard InChI is InChI=1S/C15H18O4/c1-8-5-6-10(14(18)19-4)15(3)11(16)7-9(2)13(17)12(8)15/h5-8,10,12H,1-4H3/t8-,10-,12-,15-/m0/s1. The summed E-state index contributed by atoms with van der Waals surface area (Å²) in [6.07, 6.45) is 4.89.